The minimum Gasteiger partial charge on any atom is -0.496 e. The number of ether oxygens (including phenoxy) is 1. The molecule has 0 saturated carbocycles. The molecule has 1 saturated heterocycles. The van der Waals surface area contributed by atoms with Crippen molar-refractivity contribution in [1.29, 1.82) is 0 Å². The Morgan fingerprint density at radius 2 is 1.81 bits per heavy atom. The van der Waals surface area contributed by atoms with E-state index in [1.807, 2.05) is 35.4 Å². The van der Waals surface area contributed by atoms with E-state index in [9.17, 15) is 4.79 Å². The first kappa shape index (κ1) is 23.9. The number of amides is 2. The fraction of sp³-hybridized carbons (Fsp3) is 0.290. The zero-order valence-corrected chi connectivity index (χ0v) is 21.0. The van der Waals surface area contributed by atoms with E-state index in [-0.39, 0.29) is 12.1 Å². The number of urea groups is 1. The van der Waals surface area contributed by atoms with E-state index in [0.717, 1.165) is 55.6 Å². The van der Waals surface area contributed by atoms with Crippen molar-refractivity contribution in [3.8, 4) is 5.75 Å². The molecule has 1 aliphatic rings. The smallest absolute Gasteiger partial charge is 0.322 e. The molecule has 0 aliphatic carbocycles. The molecule has 0 spiro atoms. The van der Waals surface area contributed by atoms with Gasteiger partial charge in [0.05, 0.1) is 12.6 Å². The van der Waals surface area contributed by atoms with Crippen LogP contribution in [-0.2, 0) is 19.3 Å². The topological polar surface area (TPSA) is 54.5 Å². The molecule has 1 atom stereocenters. The van der Waals surface area contributed by atoms with E-state index in [2.05, 4.69) is 65.8 Å². The third-order valence-corrected chi connectivity index (χ3v) is 6.99. The lowest BCUT2D eigenvalue weighted by Crippen LogP contribution is -2.52. The van der Waals surface area contributed by atoms with Crippen LogP contribution in [0.2, 0.25) is 0 Å². The van der Waals surface area contributed by atoms with Crippen LogP contribution in [-0.4, -0.2) is 30.7 Å². The number of hydrogen-bond acceptors (Lipinski definition) is 3. The summed E-state index contributed by atoms with van der Waals surface area (Å²) in [6.45, 7) is 2.90. The lowest BCUT2D eigenvalue weighted by Gasteiger charge is -2.33. The Kier molecular flexibility index (Phi) is 7.17. The van der Waals surface area contributed by atoms with Crippen molar-refractivity contribution in [1.82, 2.24) is 10.3 Å². The molecule has 1 aromatic heterocycles. The van der Waals surface area contributed by atoms with E-state index in [4.69, 9.17) is 4.74 Å². The van der Waals surface area contributed by atoms with Crippen LogP contribution in [0.5, 0.6) is 5.75 Å². The van der Waals surface area contributed by atoms with Crippen molar-refractivity contribution in [3.63, 3.8) is 0 Å². The first-order valence-corrected chi connectivity index (χ1v) is 12.8. The van der Waals surface area contributed by atoms with Crippen LogP contribution in [0, 0.1) is 0 Å². The quantitative estimate of drug-likeness (QED) is 0.322. The molecule has 3 aromatic carbocycles. The van der Waals surface area contributed by atoms with E-state index >= 15 is 0 Å². The number of methoxy groups -OCH3 is 1. The Morgan fingerprint density at radius 1 is 1.00 bits per heavy atom. The molecule has 2 amide bonds. The van der Waals surface area contributed by atoms with Crippen molar-refractivity contribution in [2.75, 3.05) is 18.6 Å². The first-order chi connectivity index (χ1) is 17.6. The number of carbonyl (C=O) groups excluding carboxylic acids is 1. The van der Waals surface area contributed by atoms with Crippen molar-refractivity contribution in [2.45, 2.75) is 45.1 Å². The fourth-order valence-electron chi connectivity index (χ4n) is 5.11. The van der Waals surface area contributed by atoms with Gasteiger partial charge in [0.15, 0.2) is 0 Å². The molecule has 2 heterocycles. The number of rotatable bonds is 8. The van der Waals surface area contributed by atoms with Crippen LogP contribution in [0.4, 0.5) is 10.5 Å². The van der Waals surface area contributed by atoms with E-state index < -0.39 is 0 Å². The molecule has 4 aromatic rings. The Labute approximate surface area is 213 Å². The van der Waals surface area contributed by atoms with Crippen LogP contribution in [0.3, 0.4) is 0 Å². The van der Waals surface area contributed by atoms with Crippen LogP contribution in [0.15, 0.2) is 79.0 Å². The third-order valence-electron chi connectivity index (χ3n) is 6.99. The summed E-state index contributed by atoms with van der Waals surface area (Å²) in [5.41, 5.74) is 6.81. The highest BCUT2D eigenvalue weighted by atomic mass is 16.5. The van der Waals surface area contributed by atoms with Crippen molar-refractivity contribution in [2.24, 2.45) is 0 Å². The highest BCUT2D eigenvalue weighted by molar-refractivity contribution is 5.93. The third kappa shape index (κ3) is 5.20. The molecule has 1 unspecified atom stereocenters. The highest BCUT2D eigenvalue weighted by Crippen LogP contribution is 2.29. The zero-order chi connectivity index (χ0) is 24.9. The monoisotopic (exact) mass is 479 g/mol. The van der Waals surface area contributed by atoms with Crippen molar-refractivity contribution < 1.29 is 9.53 Å². The van der Waals surface area contributed by atoms with Gasteiger partial charge in [-0.05, 0) is 72.2 Å². The average Bonchev–Trinajstić information content (AvgIpc) is 2.90. The maximum Gasteiger partial charge on any atom is 0.322 e. The summed E-state index contributed by atoms with van der Waals surface area (Å²) in [6.07, 6.45) is 6.51. The van der Waals surface area contributed by atoms with Gasteiger partial charge in [-0.2, -0.15) is 0 Å². The molecule has 184 valence electrons. The van der Waals surface area contributed by atoms with E-state index in [0.29, 0.717) is 0 Å². The number of aromatic nitrogens is 1. The highest BCUT2D eigenvalue weighted by Gasteiger charge is 2.26. The Morgan fingerprint density at radius 3 is 2.53 bits per heavy atom. The summed E-state index contributed by atoms with van der Waals surface area (Å²) in [5, 5.41) is 4.35. The van der Waals surface area contributed by atoms with Gasteiger partial charge in [0.2, 0.25) is 0 Å². The number of carbonyl (C=O) groups is 1. The van der Waals surface area contributed by atoms with E-state index in [1.54, 1.807) is 7.11 Å². The molecule has 1 N–H and O–H groups in total. The molecule has 5 nitrogen and oxygen atoms in total. The molecule has 5 rings (SSSR count). The van der Waals surface area contributed by atoms with Gasteiger partial charge in [0.1, 0.15) is 5.75 Å². The van der Waals surface area contributed by atoms with Gasteiger partial charge in [-0.1, -0.05) is 55.8 Å². The fourth-order valence-corrected chi connectivity index (χ4v) is 5.11. The predicted molar refractivity (Wildman–Crippen MR) is 146 cm³/mol. The van der Waals surface area contributed by atoms with Crippen LogP contribution < -0.4 is 15.0 Å². The van der Waals surface area contributed by atoms with Crippen molar-refractivity contribution >= 4 is 22.6 Å². The first-order valence-electron chi connectivity index (χ1n) is 12.8. The summed E-state index contributed by atoms with van der Waals surface area (Å²) in [7, 11) is 1.72. The van der Waals surface area contributed by atoms with Crippen LogP contribution >= 0.6 is 0 Å². The lowest BCUT2D eigenvalue weighted by atomic mass is 9.98. The zero-order valence-electron chi connectivity index (χ0n) is 21.0. The normalized spacial score (nSPS) is 15.7. The number of hydrogen-bond donors (Lipinski definition) is 1. The second kappa shape index (κ2) is 10.8. The molecule has 36 heavy (non-hydrogen) atoms. The average molecular weight is 480 g/mol. The van der Waals surface area contributed by atoms with Gasteiger partial charge in [0.25, 0.3) is 0 Å². The summed E-state index contributed by atoms with van der Waals surface area (Å²) in [4.78, 5) is 19.3. The number of nitrogens with zero attached hydrogens (tertiary/aromatic N) is 2. The molecule has 1 aliphatic heterocycles. The number of anilines is 1. The Bertz CT molecular complexity index is 1340. The number of aryl methyl sites for hydroxylation is 1. The summed E-state index contributed by atoms with van der Waals surface area (Å²) in [6, 6.07) is 25.2. The van der Waals surface area contributed by atoms with Gasteiger partial charge in [0, 0.05) is 35.9 Å². The van der Waals surface area contributed by atoms with Gasteiger partial charge < -0.3 is 10.1 Å². The predicted octanol–water partition coefficient (Wildman–Crippen LogP) is 6.32. The minimum absolute atomic E-state index is 0.0209. The maximum absolute atomic E-state index is 12.9. The molecule has 0 radical (unpaired) electrons. The number of pyridine rings is 1. The lowest BCUT2D eigenvalue weighted by molar-refractivity contribution is 0.236. The van der Waals surface area contributed by atoms with Gasteiger partial charge in [-0.3, -0.25) is 9.88 Å². The van der Waals surface area contributed by atoms with E-state index in [1.165, 1.54) is 27.6 Å². The Balaban J connectivity index is 1.29. The SMILES string of the molecule is CCCc1cc2c(Cc3ccc(N4CCC(Cc5ccccc5)NC4=O)cc3)ccnc2cc1OC. The van der Waals surface area contributed by atoms with Gasteiger partial charge >= 0.3 is 6.03 Å². The summed E-state index contributed by atoms with van der Waals surface area (Å²) >= 11 is 0. The van der Waals surface area contributed by atoms with Crippen molar-refractivity contribution in [3.05, 3.63) is 101 Å². The van der Waals surface area contributed by atoms with Gasteiger partial charge in [-0.15, -0.1) is 0 Å². The molecule has 0 bridgehead atoms. The Hall–Kier alpha value is -3.86. The van der Waals surface area contributed by atoms with Gasteiger partial charge in [-0.25, -0.2) is 4.79 Å². The standard InChI is InChI=1S/C31H33N3O2/c1-3-7-25-20-28-24(14-16-32-29(28)21-30(25)36-2)18-23-10-12-27(13-11-23)34-17-15-26(33-31(34)35)19-22-8-5-4-6-9-22/h4-6,8-14,16,20-21,26H,3,7,15,17-19H2,1-2H3,(H,33,35). The number of fused-ring (bicyclic) bond motifs is 1. The number of nitrogens with one attached hydrogen (secondary N) is 1. The molecule has 1 fully saturated rings. The summed E-state index contributed by atoms with van der Waals surface area (Å²) < 4.78 is 5.60. The molecular formula is C31H33N3O2. The minimum atomic E-state index is -0.0209. The second-order valence-corrected chi connectivity index (χ2v) is 9.52. The van der Waals surface area contributed by atoms with Crippen LogP contribution in [0.25, 0.3) is 10.9 Å². The maximum atomic E-state index is 12.9. The molecule has 5 heteroatoms. The largest absolute Gasteiger partial charge is 0.496 e. The van der Waals surface area contributed by atoms with Crippen LogP contribution in [0.1, 0.15) is 42.0 Å². The second-order valence-electron chi connectivity index (χ2n) is 9.52. The molecular weight excluding hydrogens is 446 g/mol. The number of benzene rings is 3. The summed E-state index contributed by atoms with van der Waals surface area (Å²) in [5.74, 6) is 0.907.